The zero-order chi connectivity index (χ0) is 16.0. The van der Waals surface area contributed by atoms with Crippen molar-refractivity contribution < 1.29 is 23.7 Å². The highest BCUT2D eigenvalue weighted by atomic mass is 16.7. The van der Waals surface area contributed by atoms with Crippen molar-refractivity contribution in [2.45, 2.75) is 37.4 Å². The van der Waals surface area contributed by atoms with Gasteiger partial charge in [0.25, 0.3) is 0 Å². The van der Waals surface area contributed by atoms with Crippen LogP contribution in [0.3, 0.4) is 0 Å². The molecule has 0 spiro atoms. The Bertz CT molecular complexity index is 501. The molecule has 1 heterocycles. The number of benzene rings is 1. The molecule has 1 aliphatic rings. The van der Waals surface area contributed by atoms with Gasteiger partial charge in [-0.15, -0.1) is 6.58 Å². The lowest BCUT2D eigenvalue weighted by Gasteiger charge is -2.24. The third-order valence-corrected chi connectivity index (χ3v) is 3.75. The fraction of sp³-hybridized carbons (Fsp3) is 0.471. The predicted molar refractivity (Wildman–Crippen MR) is 81.1 cm³/mol. The highest BCUT2D eigenvalue weighted by Crippen LogP contribution is 2.37. The summed E-state index contributed by atoms with van der Waals surface area (Å²) >= 11 is 0. The van der Waals surface area contributed by atoms with E-state index in [-0.39, 0.29) is 6.10 Å². The van der Waals surface area contributed by atoms with E-state index in [2.05, 4.69) is 6.58 Å². The SMILES string of the molecule is C=CC[C@@]1(C(=O)OC)C[C@H](OCc2ccccc2)[C@H](OC)O1. The van der Waals surface area contributed by atoms with E-state index in [1.807, 2.05) is 30.3 Å². The van der Waals surface area contributed by atoms with Crippen LogP contribution >= 0.6 is 0 Å². The topological polar surface area (TPSA) is 54.0 Å². The fourth-order valence-electron chi connectivity index (χ4n) is 2.65. The molecule has 0 saturated carbocycles. The molecule has 1 aliphatic heterocycles. The summed E-state index contributed by atoms with van der Waals surface area (Å²) in [6.45, 7) is 4.12. The Morgan fingerprint density at radius 1 is 1.41 bits per heavy atom. The number of carbonyl (C=O) groups is 1. The van der Waals surface area contributed by atoms with Gasteiger partial charge >= 0.3 is 5.97 Å². The van der Waals surface area contributed by atoms with E-state index in [0.717, 1.165) is 5.56 Å². The molecule has 2 rings (SSSR count). The Balaban J connectivity index is 2.07. The van der Waals surface area contributed by atoms with Crippen molar-refractivity contribution in [3.63, 3.8) is 0 Å². The molecule has 0 bridgehead atoms. The van der Waals surface area contributed by atoms with Crippen LogP contribution in [0, 0.1) is 0 Å². The van der Waals surface area contributed by atoms with Crippen LogP contribution in [0.15, 0.2) is 43.0 Å². The fourth-order valence-corrected chi connectivity index (χ4v) is 2.65. The number of rotatable bonds is 7. The molecule has 1 saturated heterocycles. The molecule has 1 fully saturated rings. The third kappa shape index (κ3) is 3.55. The summed E-state index contributed by atoms with van der Waals surface area (Å²) in [4.78, 5) is 12.1. The van der Waals surface area contributed by atoms with Crippen molar-refractivity contribution in [2.24, 2.45) is 0 Å². The molecule has 5 nitrogen and oxygen atoms in total. The number of carbonyl (C=O) groups excluding carboxylic acids is 1. The average Bonchev–Trinajstić information content (AvgIpc) is 2.92. The van der Waals surface area contributed by atoms with Crippen LogP contribution < -0.4 is 0 Å². The van der Waals surface area contributed by atoms with E-state index in [4.69, 9.17) is 18.9 Å². The molecule has 0 aliphatic carbocycles. The van der Waals surface area contributed by atoms with Gasteiger partial charge in [0, 0.05) is 20.0 Å². The Kier molecular flexibility index (Phi) is 5.71. The van der Waals surface area contributed by atoms with Gasteiger partial charge in [0.05, 0.1) is 13.7 Å². The summed E-state index contributed by atoms with van der Waals surface area (Å²) in [5, 5.41) is 0. The monoisotopic (exact) mass is 306 g/mol. The smallest absolute Gasteiger partial charge is 0.338 e. The first-order valence-electron chi connectivity index (χ1n) is 7.20. The first kappa shape index (κ1) is 16.7. The van der Waals surface area contributed by atoms with Gasteiger partial charge in [-0.05, 0) is 5.56 Å². The van der Waals surface area contributed by atoms with E-state index in [0.29, 0.717) is 19.4 Å². The molecule has 1 aromatic rings. The standard InChI is InChI=1S/C17H22O5/c1-4-10-17(16(18)20-3)11-14(15(19-2)22-17)21-12-13-8-6-5-7-9-13/h4-9,14-15H,1,10-12H2,2-3H3/t14-,15+,17-/m0/s1. The van der Waals surface area contributed by atoms with Crippen molar-refractivity contribution in [2.75, 3.05) is 14.2 Å². The molecule has 120 valence electrons. The Morgan fingerprint density at radius 3 is 2.73 bits per heavy atom. The Hall–Kier alpha value is -1.69. The molecule has 0 radical (unpaired) electrons. The summed E-state index contributed by atoms with van der Waals surface area (Å²) in [6, 6.07) is 9.82. The van der Waals surface area contributed by atoms with Gasteiger partial charge in [-0.1, -0.05) is 36.4 Å². The zero-order valence-corrected chi connectivity index (χ0v) is 13.0. The van der Waals surface area contributed by atoms with Crippen LogP contribution in [-0.4, -0.2) is 38.2 Å². The van der Waals surface area contributed by atoms with Gasteiger partial charge in [-0.2, -0.15) is 0 Å². The van der Waals surface area contributed by atoms with Crippen molar-refractivity contribution in [1.29, 1.82) is 0 Å². The summed E-state index contributed by atoms with van der Waals surface area (Å²) in [7, 11) is 2.88. The third-order valence-electron chi connectivity index (χ3n) is 3.75. The quantitative estimate of drug-likeness (QED) is 0.572. The highest BCUT2D eigenvalue weighted by molar-refractivity contribution is 5.80. The number of hydrogen-bond acceptors (Lipinski definition) is 5. The molecule has 0 unspecified atom stereocenters. The average molecular weight is 306 g/mol. The zero-order valence-electron chi connectivity index (χ0n) is 13.0. The molecule has 22 heavy (non-hydrogen) atoms. The van der Waals surface area contributed by atoms with E-state index in [1.54, 1.807) is 6.08 Å². The molecule has 0 N–H and O–H groups in total. The second-order valence-corrected chi connectivity index (χ2v) is 5.24. The maximum absolute atomic E-state index is 12.1. The van der Waals surface area contributed by atoms with E-state index in [9.17, 15) is 4.79 Å². The number of methoxy groups -OCH3 is 2. The minimum atomic E-state index is -1.08. The summed E-state index contributed by atoms with van der Waals surface area (Å²) in [6.07, 6.45) is 1.41. The number of ether oxygens (including phenoxy) is 4. The van der Waals surface area contributed by atoms with Gasteiger partial charge < -0.3 is 18.9 Å². The van der Waals surface area contributed by atoms with Gasteiger partial charge in [0.1, 0.15) is 6.10 Å². The van der Waals surface area contributed by atoms with Crippen molar-refractivity contribution in [3.05, 3.63) is 48.6 Å². The van der Waals surface area contributed by atoms with Crippen LogP contribution in [0.4, 0.5) is 0 Å². The van der Waals surface area contributed by atoms with E-state index in [1.165, 1.54) is 14.2 Å². The summed E-state index contributed by atoms with van der Waals surface area (Å²) in [5.74, 6) is -0.430. The summed E-state index contributed by atoms with van der Waals surface area (Å²) < 4.78 is 21.9. The minimum Gasteiger partial charge on any atom is -0.467 e. The van der Waals surface area contributed by atoms with Gasteiger partial charge in [0.2, 0.25) is 0 Å². The first-order valence-corrected chi connectivity index (χ1v) is 7.20. The van der Waals surface area contributed by atoms with Gasteiger partial charge in [-0.3, -0.25) is 0 Å². The molecule has 3 atom stereocenters. The first-order chi connectivity index (χ1) is 10.6. The van der Waals surface area contributed by atoms with Crippen LogP contribution in [-0.2, 0) is 30.3 Å². The van der Waals surface area contributed by atoms with Gasteiger partial charge in [0.15, 0.2) is 11.9 Å². The Morgan fingerprint density at radius 2 is 2.14 bits per heavy atom. The van der Waals surface area contributed by atoms with Gasteiger partial charge in [-0.25, -0.2) is 4.79 Å². The molecular formula is C17H22O5. The van der Waals surface area contributed by atoms with Crippen molar-refractivity contribution in [3.8, 4) is 0 Å². The molecule has 5 heteroatoms. The van der Waals surface area contributed by atoms with Crippen molar-refractivity contribution >= 4 is 5.97 Å². The lowest BCUT2D eigenvalue weighted by atomic mass is 9.95. The predicted octanol–water partition coefficient (Wildman–Crippen LogP) is 2.45. The van der Waals surface area contributed by atoms with Crippen LogP contribution in [0.5, 0.6) is 0 Å². The minimum absolute atomic E-state index is 0.343. The molecular weight excluding hydrogens is 284 g/mol. The molecule has 0 aromatic heterocycles. The van der Waals surface area contributed by atoms with Crippen LogP contribution in [0.25, 0.3) is 0 Å². The molecule has 1 aromatic carbocycles. The second-order valence-electron chi connectivity index (χ2n) is 5.24. The Labute approximate surface area is 130 Å². The van der Waals surface area contributed by atoms with E-state index < -0.39 is 17.9 Å². The second kappa shape index (κ2) is 7.54. The lowest BCUT2D eigenvalue weighted by Crippen LogP contribution is -2.39. The largest absolute Gasteiger partial charge is 0.467 e. The van der Waals surface area contributed by atoms with Crippen LogP contribution in [0.1, 0.15) is 18.4 Å². The maximum atomic E-state index is 12.1. The lowest BCUT2D eigenvalue weighted by molar-refractivity contribution is -0.201. The normalized spacial score (nSPS) is 27.5. The van der Waals surface area contributed by atoms with E-state index >= 15 is 0 Å². The summed E-state index contributed by atoms with van der Waals surface area (Å²) in [5.41, 5.74) is -0.0323. The molecule has 0 amide bonds. The number of hydrogen-bond donors (Lipinski definition) is 0. The maximum Gasteiger partial charge on any atom is 0.338 e. The van der Waals surface area contributed by atoms with Crippen molar-refractivity contribution in [1.82, 2.24) is 0 Å². The van der Waals surface area contributed by atoms with Crippen LogP contribution in [0.2, 0.25) is 0 Å². The highest BCUT2D eigenvalue weighted by Gasteiger charge is 2.52. The number of esters is 1.